The normalized spacial score (nSPS) is 11.9. The molecule has 0 rings (SSSR count). The second-order valence-electron chi connectivity index (χ2n) is 3.01. The van der Waals surface area contributed by atoms with Crippen LogP contribution in [0.1, 0.15) is 26.7 Å². The molecule has 0 aromatic heterocycles. The van der Waals surface area contributed by atoms with Gasteiger partial charge < -0.3 is 0 Å². The number of hydrogen-bond acceptors (Lipinski definition) is 2. The minimum Gasteiger partial charge on any atom is -0.286 e. The zero-order valence-corrected chi connectivity index (χ0v) is 8.35. The van der Waals surface area contributed by atoms with E-state index in [4.69, 9.17) is 0 Å². The number of unbranched alkanes of at least 4 members (excludes halogenated alkanes) is 1. The van der Waals surface area contributed by atoms with E-state index in [-0.39, 0.29) is 5.91 Å². The number of amides is 1. The molecule has 0 aromatic rings. The highest BCUT2D eigenvalue weighted by atomic mass is 16.2. The van der Waals surface area contributed by atoms with Crippen LogP contribution in [-0.4, -0.2) is 25.0 Å². The minimum absolute atomic E-state index is 0.0200. The second kappa shape index (κ2) is 5.77. The molecule has 0 aliphatic carbocycles. The molecule has 3 nitrogen and oxygen atoms in total. The van der Waals surface area contributed by atoms with E-state index in [0.29, 0.717) is 0 Å². The third kappa shape index (κ3) is 4.91. The van der Waals surface area contributed by atoms with Gasteiger partial charge in [0, 0.05) is 19.7 Å². The first-order valence-electron chi connectivity index (χ1n) is 4.23. The lowest BCUT2D eigenvalue weighted by molar-refractivity contribution is -0.121. The molecule has 0 unspecified atom stereocenters. The zero-order valence-electron chi connectivity index (χ0n) is 8.35. The minimum atomic E-state index is -0.0200. The topological polar surface area (TPSA) is 32.3 Å². The second-order valence-corrected chi connectivity index (χ2v) is 3.01. The molecule has 0 radical (unpaired) electrons. The van der Waals surface area contributed by atoms with Gasteiger partial charge in [0.05, 0.1) is 0 Å². The van der Waals surface area contributed by atoms with Gasteiger partial charge in [-0.05, 0) is 13.3 Å². The Balaban J connectivity index is 3.92. The van der Waals surface area contributed by atoms with Crippen LogP contribution in [-0.2, 0) is 4.79 Å². The summed E-state index contributed by atoms with van der Waals surface area (Å²) < 4.78 is 0. The molecule has 0 aliphatic rings. The fraction of sp³-hybridized carbons (Fsp3) is 0.667. The summed E-state index contributed by atoms with van der Waals surface area (Å²) in [7, 11) is 3.59. The molecule has 70 valence electrons. The van der Waals surface area contributed by atoms with Crippen LogP contribution >= 0.6 is 0 Å². The van der Waals surface area contributed by atoms with Crippen molar-refractivity contribution in [2.75, 3.05) is 14.1 Å². The van der Waals surface area contributed by atoms with Gasteiger partial charge in [-0.2, -0.15) is 0 Å². The lowest BCUT2D eigenvalue weighted by Crippen LogP contribution is -2.36. The van der Waals surface area contributed by atoms with Crippen LogP contribution in [0.25, 0.3) is 0 Å². The smallest absolute Gasteiger partial charge is 0.260 e. The van der Waals surface area contributed by atoms with Crippen LogP contribution in [0, 0.1) is 0 Å². The number of allylic oxidation sites excluding steroid dienone is 1. The van der Waals surface area contributed by atoms with Crippen molar-refractivity contribution in [2.45, 2.75) is 26.7 Å². The van der Waals surface area contributed by atoms with Gasteiger partial charge in [0.15, 0.2) is 0 Å². The molecular weight excluding hydrogens is 152 g/mol. The Morgan fingerprint density at radius 3 is 2.50 bits per heavy atom. The summed E-state index contributed by atoms with van der Waals surface area (Å²) in [6.45, 7) is 3.92. The Morgan fingerprint density at radius 2 is 2.08 bits per heavy atom. The van der Waals surface area contributed by atoms with Crippen LogP contribution in [0.15, 0.2) is 11.6 Å². The van der Waals surface area contributed by atoms with Gasteiger partial charge in [0.2, 0.25) is 0 Å². The van der Waals surface area contributed by atoms with E-state index < -0.39 is 0 Å². The Morgan fingerprint density at radius 1 is 1.50 bits per heavy atom. The van der Waals surface area contributed by atoms with Crippen molar-refractivity contribution in [1.29, 1.82) is 0 Å². The Kier molecular flexibility index (Phi) is 5.37. The average molecular weight is 170 g/mol. The SMILES string of the molecule is CCCC=C(C)C(=O)NN(C)C. The largest absolute Gasteiger partial charge is 0.286 e. The predicted molar refractivity (Wildman–Crippen MR) is 50.5 cm³/mol. The highest BCUT2D eigenvalue weighted by molar-refractivity contribution is 5.92. The maximum atomic E-state index is 11.2. The highest BCUT2D eigenvalue weighted by Gasteiger charge is 2.02. The molecular formula is C9H18N2O. The van der Waals surface area contributed by atoms with Gasteiger partial charge in [-0.15, -0.1) is 0 Å². The predicted octanol–water partition coefficient (Wildman–Crippen LogP) is 1.33. The molecule has 1 amide bonds. The number of rotatable bonds is 4. The fourth-order valence-corrected chi connectivity index (χ4v) is 0.745. The van der Waals surface area contributed by atoms with Crippen LogP contribution in [0.2, 0.25) is 0 Å². The van der Waals surface area contributed by atoms with E-state index in [2.05, 4.69) is 12.3 Å². The molecule has 0 saturated heterocycles. The number of hydrazine groups is 1. The Hall–Kier alpha value is -0.830. The lowest BCUT2D eigenvalue weighted by Gasteiger charge is -2.11. The van der Waals surface area contributed by atoms with Crippen molar-refractivity contribution in [2.24, 2.45) is 0 Å². The van der Waals surface area contributed by atoms with Crippen molar-refractivity contribution >= 4 is 5.91 Å². The van der Waals surface area contributed by atoms with Gasteiger partial charge in [0.25, 0.3) is 5.91 Å². The monoisotopic (exact) mass is 170 g/mol. The highest BCUT2D eigenvalue weighted by Crippen LogP contribution is 1.97. The van der Waals surface area contributed by atoms with Crippen LogP contribution in [0.3, 0.4) is 0 Å². The molecule has 0 fully saturated rings. The number of carbonyl (C=O) groups is 1. The summed E-state index contributed by atoms with van der Waals surface area (Å²) in [6, 6.07) is 0. The summed E-state index contributed by atoms with van der Waals surface area (Å²) in [6.07, 6.45) is 4.00. The number of nitrogens with zero attached hydrogens (tertiary/aromatic N) is 1. The summed E-state index contributed by atoms with van der Waals surface area (Å²) in [5, 5.41) is 1.64. The first-order chi connectivity index (χ1) is 5.57. The lowest BCUT2D eigenvalue weighted by atomic mass is 10.2. The summed E-state index contributed by atoms with van der Waals surface area (Å²) in [4.78, 5) is 11.2. The maximum Gasteiger partial charge on any atom is 0.260 e. The molecule has 0 saturated carbocycles. The van der Waals surface area contributed by atoms with Gasteiger partial charge in [-0.3, -0.25) is 10.2 Å². The number of nitrogens with one attached hydrogen (secondary N) is 1. The number of hydrogen-bond donors (Lipinski definition) is 1. The van der Waals surface area contributed by atoms with Crippen molar-refractivity contribution in [3.05, 3.63) is 11.6 Å². The maximum absolute atomic E-state index is 11.2. The van der Waals surface area contributed by atoms with Gasteiger partial charge >= 0.3 is 0 Å². The van der Waals surface area contributed by atoms with E-state index in [1.807, 2.05) is 13.0 Å². The molecule has 0 bridgehead atoms. The van der Waals surface area contributed by atoms with E-state index in [1.54, 1.807) is 19.1 Å². The van der Waals surface area contributed by atoms with Crippen molar-refractivity contribution in [1.82, 2.24) is 10.4 Å². The van der Waals surface area contributed by atoms with E-state index in [1.165, 1.54) is 0 Å². The van der Waals surface area contributed by atoms with Crippen molar-refractivity contribution in [3.8, 4) is 0 Å². The Bertz CT molecular complexity index is 173. The first kappa shape index (κ1) is 11.2. The van der Waals surface area contributed by atoms with Gasteiger partial charge in [0.1, 0.15) is 0 Å². The molecule has 3 heteroatoms. The van der Waals surface area contributed by atoms with Crippen molar-refractivity contribution in [3.63, 3.8) is 0 Å². The molecule has 0 heterocycles. The summed E-state index contributed by atoms with van der Waals surface area (Å²) >= 11 is 0. The van der Waals surface area contributed by atoms with E-state index >= 15 is 0 Å². The number of carbonyl (C=O) groups excluding carboxylic acids is 1. The molecule has 0 aliphatic heterocycles. The first-order valence-corrected chi connectivity index (χ1v) is 4.23. The molecule has 12 heavy (non-hydrogen) atoms. The van der Waals surface area contributed by atoms with Gasteiger partial charge in [-0.1, -0.05) is 19.4 Å². The fourth-order valence-electron chi connectivity index (χ4n) is 0.745. The van der Waals surface area contributed by atoms with Crippen molar-refractivity contribution < 1.29 is 4.79 Å². The third-order valence-electron chi connectivity index (χ3n) is 1.42. The summed E-state index contributed by atoms with van der Waals surface area (Å²) in [5.74, 6) is -0.0200. The third-order valence-corrected chi connectivity index (χ3v) is 1.42. The standard InChI is InChI=1S/C9H18N2O/c1-5-6-7-8(2)9(12)10-11(3)4/h7H,5-6H2,1-4H3,(H,10,12). The molecule has 1 N–H and O–H groups in total. The summed E-state index contributed by atoms with van der Waals surface area (Å²) in [5.41, 5.74) is 3.46. The van der Waals surface area contributed by atoms with Gasteiger partial charge in [-0.25, -0.2) is 5.01 Å². The molecule has 0 aromatic carbocycles. The van der Waals surface area contributed by atoms with Crippen LogP contribution in [0.4, 0.5) is 0 Å². The molecule has 0 spiro atoms. The van der Waals surface area contributed by atoms with E-state index in [9.17, 15) is 4.79 Å². The quantitative estimate of drug-likeness (QED) is 0.510. The van der Waals surface area contributed by atoms with Crippen LogP contribution in [0.5, 0.6) is 0 Å². The van der Waals surface area contributed by atoms with E-state index in [0.717, 1.165) is 18.4 Å². The Labute approximate surface area is 74.4 Å². The zero-order chi connectivity index (χ0) is 9.56. The average Bonchev–Trinajstić information content (AvgIpc) is 1.98. The molecule has 0 atom stereocenters. The van der Waals surface area contributed by atoms with Crippen LogP contribution < -0.4 is 5.43 Å².